The van der Waals surface area contributed by atoms with Crippen LogP contribution in [0.5, 0.6) is 0 Å². The molecule has 1 heterocycles. The maximum Gasteiger partial charge on any atom is 0.240 e. The smallest absolute Gasteiger partial charge is 0.240 e. The maximum absolute atomic E-state index is 12.0. The first-order valence-corrected chi connectivity index (χ1v) is 9.05. The number of hydrogen-bond acceptors (Lipinski definition) is 4. The Bertz CT molecular complexity index is 535. The molecule has 1 aromatic carbocycles. The summed E-state index contributed by atoms with van der Waals surface area (Å²) >= 11 is 0. The van der Waals surface area contributed by atoms with Crippen LogP contribution in [0.3, 0.4) is 0 Å². The second-order valence-corrected chi connectivity index (χ2v) is 7.52. The molecule has 5 nitrogen and oxygen atoms in total. The molecule has 0 aromatic heterocycles. The summed E-state index contributed by atoms with van der Waals surface area (Å²) in [5.74, 6) is 0. The van der Waals surface area contributed by atoms with Crippen molar-refractivity contribution in [1.29, 1.82) is 0 Å². The zero-order valence-electron chi connectivity index (χ0n) is 12.7. The highest BCUT2D eigenvalue weighted by Gasteiger charge is 2.15. The van der Waals surface area contributed by atoms with E-state index in [4.69, 9.17) is 0 Å². The summed E-state index contributed by atoms with van der Waals surface area (Å²) in [6.07, 6.45) is 3.61. The molecule has 1 aliphatic rings. The van der Waals surface area contributed by atoms with Gasteiger partial charge in [-0.2, -0.15) is 0 Å². The molecular weight excluding hydrogens is 286 g/mol. The third-order valence-corrected chi connectivity index (χ3v) is 5.21. The average molecular weight is 311 g/mol. The molecule has 0 spiro atoms. The Morgan fingerprint density at radius 2 is 2.00 bits per heavy atom. The summed E-state index contributed by atoms with van der Waals surface area (Å²) in [6, 6.07) is 7.43. The number of sulfonamides is 1. The van der Waals surface area contributed by atoms with Crippen LogP contribution in [-0.2, 0) is 10.0 Å². The average Bonchev–Trinajstić information content (AvgIpc) is 2.91. The van der Waals surface area contributed by atoms with E-state index in [-0.39, 0.29) is 6.04 Å². The molecule has 6 heteroatoms. The highest BCUT2D eigenvalue weighted by Crippen LogP contribution is 2.15. The Morgan fingerprint density at radius 3 is 2.57 bits per heavy atom. The first-order chi connectivity index (χ1) is 9.97. The Hall–Kier alpha value is -1.11. The summed E-state index contributed by atoms with van der Waals surface area (Å²) in [7, 11) is -3.40. The number of nitrogens with one attached hydrogen (secondary N) is 3. The van der Waals surface area contributed by atoms with Gasteiger partial charge in [0.15, 0.2) is 0 Å². The standard InChI is InChI=1S/C15H25N3O2S/c1-12(2)18-21(19,20)15-7-5-14(6-8-15)17-11-9-13-4-3-10-16-13/h5-8,12-13,16-18H,3-4,9-11H2,1-2H3/t13-/m1/s1. The van der Waals surface area contributed by atoms with Gasteiger partial charge in [0, 0.05) is 24.3 Å². The first kappa shape index (κ1) is 16.3. The van der Waals surface area contributed by atoms with Gasteiger partial charge in [-0.05, 0) is 63.9 Å². The quantitative estimate of drug-likeness (QED) is 0.719. The van der Waals surface area contributed by atoms with Crippen molar-refractivity contribution in [2.24, 2.45) is 0 Å². The van der Waals surface area contributed by atoms with E-state index in [1.54, 1.807) is 12.1 Å². The zero-order valence-corrected chi connectivity index (χ0v) is 13.5. The minimum Gasteiger partial charge on any atom is -0.385 e. The van der Waals surface area contributed by atoms with Crippen LogP contribution >= 0.6 is 0 Å². The SMILES string of the molecule is CC(C)NS(=O)(=O)c1ccc(NCC[C@H]2CCCN2)cc1. The van der Waals surface area contributed by atoms with Crippen LogP contribution < -0.4 is 15.4 Å². The fourth-order valence-electron chi connectivity index (χ4n) is 2.52. The molecule has 1 fully saturated rings. The largest absolute Gasteiger partial charge is 0.385 e. The lowest BCUT2D eigenvalue weighted by molar-refractivity contribution is 0.570. The van der Waals surface area contributed by atoms with Crippen molar-refractivity contribution in [1.82, 2.24) is 10.0 Å². The highest BCUT2D eigenvalue weighted by atomic mass is 32.2. The van der Waals surface area contributed by atoms with Crippen LogP contribution in [0, 0.1) is 0 Å². The molecule has 0 saturated carbocycles. The molecule has 1 aromatic rings. The Labute approximate surface area is 127 Å². The monoisotopic (exact) mass is 311 g/mol. The van der Waals surface area contributed by atoms with Crippen LogP contribution in [0.1, 0.15) is 33.1 Å². The minimum absolute atomic E-state index is 0.105. The molecule has 3 N–H and O–H groups in total. The van der Waals surface area contributed by atoms with Gasteiger partial charge in [-0.1, -0.05) is 0 Å². The van der Waals surface area contributed by atoms with E-state index in [2.05, 4.69) is 15.4 Å². The van der Waals surface area contributed by atoms with Gasteiger partial charge >= 0.3 is 0 Å². The van der Waals surface area contributed by atoms with Crippen molar-refractivity contribution in [3.63, 3.8) is 0 Å². The van der Waals surface area contributed by atoms with Gasteiger partial charge in [-0.25, -0.2) is 13.1 Å². The zero-order chi connectivity index (χ0) is 15.3. The van der Waals surface area contributed by atoms with Gasteiger partial charge in [-0.3, -0.25) is 0 Å². The summed E-state index contributed by atoms with van der Waals surface area (Å²) in [5.41, 5.74) is 0.955. The normalized spacial score (nSPS) is 19.1. The maximum atomic E-state index is 12.0. The number of hydrogen-bond donors (Lipinski definition) is 3. The van der Waals surface area contributed by atoms with Crippen LogP contribution in [0.25, 0.3) is 0 Å². The second kappa shape index (κ2) is 7.24. The molecule has 0 radical (unpaired) electrons. The lowest BCUT2D eigenvalue weighted by Crippen LogP contribution is -2.30. The third kappa shape index (κ3) is 4.98. The van der Waals surface area contributed by atoms with E-state index in [1.807, 2.05) is 26.0 Å². The number of benzene rings is 1. The van der Waals surface area contributed by atoms with Gasteiger partial charge in [0.1, 0.15) is 0 Å². The van der Waals surface area contributed by atoms with Crippen LogP contribution in [-0.4, -0.2) is 33.6 Å². The Kier molecular flexibility index (Phi) is 5.61. The van der Waals surface area contributed by atoms with Gasteiger partial charge in [0.05, 0.1) is 4.90 Å². The number of rotatable bonds is 7. The van der Waals surface area contributed by atoms with Gasteiger partial charge in [-0.15, -0.1) is 0 Å². The topological polar surface area (TPSA) is 70.2 Å². The molecule has 1 aliphatic heterocycles. The van der Waals surface area contributed by atoms with Crippen LogP contribution in [0.15, 0.2) is 29.2 Å². The van der Waals surface area contributed by atoms with E-state index in [9.17, 15) is 8.42 Å². The van der Waals surface area contributed by atoms with Crippen LogP contribution in [0.4, 0.5) is 5.69 Å². The summed E-state index contributed by atoms with van der Waals surface area (Å²) < 4.78 is 26.6. The molecule has 0 bridgehead atoms. The van der Waals surface area contributed by atoms with Crippen molar-refractivity contribution in [3.05, 3.63) is 24.3 Å². The van der Waals surface area contributed by atoms with Crippen molar-refractivity contribution in [2.45, 2.75) is 50.1 Å². The van der Waals surface area contributed by atoms with Crippen molar-refractivity contribution in [3.8, 4) is 0 Å². The van der Waals surface area contributed by atoms with Crippen molar-refractivity contribution in [2.75, 3.05) is 18.4 Å². The second-order valence-electron chi connectivity index (χ2n) is 5.81. The summed E-state index contributed by atoms with van der Waals surface area (Å²) in [5, 5.41) is 6.80. The fourth-order valence-corrected chi connectivity index (χ4v) is 3.78. The van der Waals surface area contributed by atoms with Crippen LogP contribution in [0.2, 0.25) is 0 Å². The third-order valence-electron chi connectivity index (χ3n) is 3.54. The predicted molar refractivity (Wildman–Crippen MR) is 86.0 cm³/mol. The first-order valence-electron chi connectivity index (χ1n) is 7.57. The lowest BCUT2D eigenvalue weighted by atomic mass is 10.1. The molecule has 1 atom stereocenters. The Morgan fingerprint density at radius 1 is 1.29 bits per heavy atom. The van der Waals surface area contributed by atoms with Crippen molar-refractivity contribution >= 4 is 15.7 Å². The number of anilines is 1. The molecule has 0 aliphatic carbocycles. The fraction of sp³-hybridized carbons (Fsp3) is 0.600. The van der Waals surface area contributed by atoms with E-state index in [0.717, 1.165) is 25.2 Å². The molecule has 1 saturated heterocycles. The van der Waals surface area contributed by atoms with Gasteiger partial charge in [0.25, 0.3) is 0 Å². The predicted octanol–water partition coefficient (Wildman–Crippen LogP) is 1.93. The van der Waals surface area contributed by atoms with E-state index in [0.29, 0.717) is 10.9 Å². The molecule has 0 unspecified atom stereocenters. The summed E-state index contributed by atoms with van der Waals surface area (Å²) in [4.78, 5) is 0.305. The van der Waals surface area contributed by atoms with E-state index in [1.165, 1.54) is 12.8 Å². The van der Waals surface area contributed by atoms with Gasteiger partial charge < -0.3 is 10.6 Å². The summed E-state index contributed by atoms with van der Waals surface area (Å²) in [6.45, 7) is 5.64. The lowest BCUT2D eigenvalue weighted by Gasteiger charge is -2.13. The highest BCUT2D eigenvalue weighted by molar-refractivity contribution is 7.89. The minimum atomic E-state index is -3.40. The van der Waals surface area contributed by atoms with Gasteiger partial charge in [0.2, 0.25) is 10.0 Å². The van der Waals surface area contributed by atoms with Crippen molar-refractivity contribution < 1.29 is 8.42 Å². The molecular formula is C15H25N3O2S. The molecule has 0 amide bonds. The van der Waals surface area contributed by atoms with E-state index >= 15 is 0 Å². The molecule has 2 rings (SSSR count). The Balaban J connectivity index is 1.86. The van der Waals surface area contributed by atoms with E-state index < -0.39 is 10.0 Å². The molecule has 118 valence electrons. The molecule has 21 heavy (non-hydrogen) atoms.